The van der Waals surface area contributed by atoms with Crippen LogP contribution in [0.3, 0.4) is 0 Å². The molecule has 0 fully saturated rings. The van der Waals surface area contributed by atoms with Crippen molar-refractivity contribution in [2.45, 2.75) is 0 Å². The number of nitrogens with one attached hydrogen (secondary N) is 1. The summed E-state index contributed by atoms with van der Waals surface area (Å²) in [5, 5.41) is 13.1. The van der Waals surface area contributed by atoms with Crippen LogP contribution in [0.4, 0.5) is 11.4 Å². The SMILES string of the molecule is NP(N)(=S)Nc1cccc([N+](=O)[O-])c1. The maximum absolute atomic E-state index is 10.4. The lowest BCUT2D eigenvalue weighted by Crippen LogP contribution is -2.12. The van der Waals surface area contributed by atoms with E-state index in [2.05, 4.69) is 5.09 Å². The molecule has 14 heavy (non-hydrogen) atoms. The predicted molar refractivity (Wildman–Crippen MR) is 59.4 cm³/mol. The van der Waals surface area contributed by atoms with Crippen LogP contribution in [0.15, 0.2) is 24.3 Å². The van der Waals surface area contributed by atoms with Gasteiger partial charge in [0.1, 0.15) is 0 Å². The van der Waals surface area contributed by atoms with Crippen molar-refractivity contribution < 1.29 is 4.92 Å². The smallest absolute Gasteiger partial charge is 0.271 e. The molecule has 0 spiro atoms. The second-order valence-corrected chi connectivity index (χ2v) is 6.08. The summed E-state index contributed by atoms with van der Waals surface area (Å²) in [6, 6.07) is 5.86. The van der Waals surface area contributed by atoms with Gasteiger partial charge in [-0.25, -0.2) is 0 Å². The molecule has 0 aliphatic carbocycles. The van der Waals surface area contributed by atoms with E-state index < -0.39 is 11.4 Å². The van der Waals surface area contributed by atoms with Gasteiger partial charge in [-0.05, 0) is 17.9 Å². The molecule has 76 valence electrons. The number of nitrogens with two attached hydrogens (primary N) is 2. The summed E-state index contributed by atoms with van der Waals surface area (Å²) in [5.41, 5.74) is 11.3. The molecule has 0 bridgehead atoms. The zero-order chi connectivity index (χ0) is 10.8. The average molecular weight is 232 g/mol. The molecule has 0 saturated heterocycles. The van der Waals surface area contributed by atoms with E-state index in [1.807, 2.05) is 0 Å². The zero-order valence-electron chi connectivity index (χ0n) is 7.08. The fourth-order valence-electron chi connectivity index (χ4n) is 0.891. The van der Waals surface area contributed by atoms with E-state index in [9.17, 15) is 10.1 Å². The molecule has 1 aromatic rings. The van der Waals surface area contributed by atoms with Gasteiger partial charge in [0.05, 0.1) is 4.92 Å². The van der Waals surface area contributed by atoms with Crippen molar-refractivity contribution in [3.8, 4) is 0 Å². The molecule has 0 amide bonds. The van der Waals surface area contributed by atoms with Crippen molar-refractivity contribution in [1.82, 2.24) is 0 Å². The van der Waals surface area contributed by atoms with E-state index in [1.54, 1.807) is 6.07 Å². The highest BCUT2D eigenvalue weighted by molar-refractivity contribution is 8.13. The van der Waals surface area contributed by atoms with E-state index >= 15 is 0 Å². The minimum Gasteiger partial charge on any atom is -0.335 e. The summed E-state index contributed by atoms with van der Waals surface area (Å²) in [6.45, 7) is -2.58. The summed E-state index contributed by atoms with van der Waals surface area (Å²) < 4.78 is 0. The average Bonchev–Trinajstić information content (AvgIpc) is 2.01. The maximum atomic E-state index is 10.4. The zero-order valence-corrected chi connectivity index (χ0v) is 8.79. The van der Waals surface area contributed by atoms with Gasteiger partial charge in [0.2, 0.25) is 0 Å². The molecular formula is C6H9N4O2PS. The minimum atomic E-state index is -2.58. The van der Waals surface area contributed by atoms with E-state index in [4.69, 9.17) is 22.8 Å². The number of hydrogen-bond donors (Lipinski definition) is 3. The Kier molecular flexibility index (Phi) is 3.17. The van der Waals surface area contributed by atoms with Crippen molar-refractivity contribution in [3.05, 3.63) is 34.4 Å². The van der Waals surface area contributed by atoms with Crippen LogP contribution in [0.25, 0.3) is 0 Å². The van der Waals surface area contributed by atoms with Crippen LogP contribution in [-0.2, 0) is 11.8 Å². The van der Waals surface area contributed by atoms with E-state index in [0.29, 0.717) is 5.69 Å². The second-order valence-electron chi connectivity index (χ2n) is 2.63. The fraction of sp³-hybridized carbons (Fsp3) is 0. The lowest BCUT2D eigenvalue weighted by Gasteiger charge is -2.12. The van der Waals surface area contributed by atoms with Gasteiger partial charge in [-0.15, -0.1) is 0 Å². The molecule has 0 atom stereocenters. The predicted octanol–water partition coefficient (Wildman–Crippen LogP) is 1.15. The third kappa shape index (κ3) is 3.39. The number of benzene rings is 1. The molecule has 0 heterocycles. The first-order valence-corrected chi connectivity index (χ1v) is 6.52. The topological polar surface area (TPSA) is 107 Å². The number of hydrogen-bond acceptors (Lipinski definition) is 3. The molecular weight excluding hydrogens is 223 g/mol. The third-order valence-corrected chi connectivity index (χ3v) is 2.24. The molecule has 0 saturated carbocycles. The lowest BCUT2D eigenvalue weighted by atomic mass is 10.3. The molecule has 0 aliphatic heterocycles. The highest BCUT2D eigenvalue weighted by Crippen LogP contribution is 2.29. The maximum Gasteiger partial charge on any atom is 0.271 e. The Labute approximate surface area is 85.6 Å². The molecule has 1 rings (SSSR count). The Morgan fingerprint density at radius 2 is 2.14 bits per heavy atom. The molecule has 0 unspecified atom stereocenters. The molecule has 6 nitrogen and oxygen atoms in total. The van der Waals surface area contributed by atoms with Crippen molar-refractivity contribution in [2.24, 2.45) is 11.0 Å². The highest BCUT2D eigenvalue weighted by Gasteiger charge is 2.08. The van der Waals surface area contributed by atoms with Gasteiger partial charge in [0.15, 0.2) is 6.49 Å². The van der Waals surface area contributed by atoms with Crippen molar-refractivity contribution in [2.75, 3.05) is 5.09 Å². The number of nitro benzene ring substituents is 1. The van der Waals surface area contributed by atoms with Crippen molar-refractivity contribution in [3.63, 3.8) is 0 Å². The minimum absolute atomic E-state index is 0.0292. The first kappa shape index (κ1) is 11.1. The molecule has 0 aromatic heterocycles. The molecule has 8 heteroatoms. The van der Waals surface area contributed by atoms with Crippen LogP contribution in [0.1, 0.15) is 0 Å². The van der Waals surface area contributed by atoms with Crippen LogP contribution >= 0.6 is 6.49 Å². The van der Waals surface area contributed by atoms with Gasteiger partial charge in [0, 0.05) is 17.8 Å². The fourth-order valence-corrected chi connectivity index (χ4v) is 1.75. The highest BCUT2D eigenvalue weighted by atomic mass is 32.4. The largest absolute Gasteiger partial charge is 0.335 e. The third-order valence-electron chi connectivity index (χ3n) is 1.36. The summed E-state index contributed by atoms with van der Waals surface area (Å²) >= 11 is 4.76. The number of rotatable bonds is 3. The Morgan fingerprint density at radius 1 is 1.50 bits per heavy atom. The monoisotopic (exact) mass is 232 g/mol. The van der Waals surface area contributed by atoms with Crippen molar-refractivity contribution in [1.29, 1.82) is 0 Å². The van der Waals surface area contributed by atoms with Gasteiger partial charge in [-0.1, -0.05) is 6.07 Å². The standard InChI is InChI=1S/C6H9N4O2PS/c7-13(8,14)9-5-2-1-3-6(4-5)10(11)12/h1-4H,(H5,7,8,9,14). The lowest BCUT2D eigenvalue weighted by molar-refractivity contribution is -0.384. The van der Waals surface area contributed by atoms with Gasteiger partial charge < -0.3 is 5.09 Å². The first-order chi connectivity index (χ1) is 6.38. The van der Waals surface area contributed by atoms with E-state index in [1.165, 1.54) is 18.2 Å². The molecule has 5 N–H and O–H groups in total. The Balaban J connectivity index is 2.95. The Morgan fingerprint density at radius 3 is 2.64 bits per heavy atom. The number of nitrogens with zero attached hydrogens (tertiary/aromatic N) is 1. The summed E-state index contributed by atoms with van der Waals surface area (Å²) in [6.07, 6.45) is 0. The van der Waals surface area contributed by atoms with E-state index in [0.717, 1.165) is 0 Å². The van der Waals surface area contributed by atoms with Crippen LogP contribution < -0.4 is 16.1 Å². The molecule has 0 aliphatic rings. The van der Waals surface area contributed by atoms with E-state index in [-0.39, 0.29) is 5.69 Å². The number of anilines is 1. The van der Waals surface area contributed by atoms with Crippen LogP contribution in [0, 0.1) is 10.1 Å². The van der Waals surface area contributed by atoms with Crippen molar-refractivity contribution >= 4 is 29.7 Å². The Hall–Kier alpha value is -1.01. The summed E-state index contributed by atoms with van der Waals surface area (Å²) in [5.74, 6) is 0. The number of nitro groups is 1. The first-order valence-electron chi connectivity index (χ1n) is 3.58. The van der Waals surface area contributed by atoms with Gasteiger partial charge in [-0.2, -0.15) is 0 Å². The van der Waals surface area contributed by atoms with Gasteiger partial charge in [-0.3, -0.25) is 21.1 Å². The van der Waals surface area contributed by atoms with Crippen LogP contribution in [-0.4, -0.2) is 4.92 Å². The quantitative estimate of drug-likeness (QED) is 0.410. The van der Waals surface area contributed by atoms with Crippen LogP contribution in [0.2, 0.25) is 0 Å². The summed E-state index contributed by atoms with van der Waals surface area (Å²) in [4.78, 5) is 9.92. The van der Waals surface area contributed by atoms with Gasteiger partial charge >= 0.3 is 0 Å². The Bertz CT molecular complexity index is 405. The number of non-ortho nitro benzene ring substituents is 1. The van der Waals surface area contributed by atoms with Crippen LogP contribution in [0.5, 0.6) is 0 Å². The molecule has 0 radical (unpaired) electrons. The molecule has 1 aromatic carbocycles. The van der Waals surface area contributed by atoms with Gasteiger partial charge in [0.25, 0.3) is 5.69 Å². The summed E-state index contributed by atoms with van der Waals surface area (Å²) in [7, 11) is 0. The normalized spacial score (nSPS) is 11.0. The second kappa shape index (κ2) is 4.02.